The summed E-state index contributed by atoms with van der Waals surface area (Å²) in [6.07, 6.45) is 13.4. The highest BCUT2D eigenvalue weighted by Crippen LogP contribution is 2.25. The summed E-state index contributed by atoms with van der Waals surface area (Å²) in [4.78, 5) is 46.9. The van der Waals surface area contributed by atoms with Crippen molar-refractivity contribution in [3.05, 3.63) is 45.0 Å². The number of ether oxygens (including phenoxy) is 2. The van der Waals surface area contributed by atoms with Crippen molar-refractivity contribution >= 4 is 39.5 Å². The molecule has 284 valence electrons. The van der Waals surface area contributed by atoms with Crippen LogP contribution >= 0.6 is 15.9 Å². The van der Waals surface area contributed by atoms with Gasteiger partial charge in [0.05, 0.1) is 16.0 Å². The molecule has 0 atom stereocenters. The molecule has 2 saturated heterocycles. The van der Waals surface area contributed by atoms with Crippen LogP contribution in [0.3, 0.4) is 0 Å². The molecular formula is C33H57BrN8O8. The standard InChI is InChI=1S/C16H26N4O4.C13H24BrNO2.C3H3N3O2.CH4/c1-16(2,3)24-15(21)18-9-6-13(7-10-18)5-4-8-19-12-14(11-17-19)20(22)23;1-13(2,3)17-12(16)15-9-6-11(7-10-15)5-4-8-14;7-6(8)3-1-4-5-2-3;/h11-13H,4-10H2,1-3H3;11H,4-10H2,1-3H3;1-2H,(H,4,5);1H4. The smallest absolute Gasteiger partial charge is 0.410 e. The van der Waals surface area contributed by atoms with Crippen molar-refractivity contribution in [2.24, 2.45) is 11.8 Å². The molecule has 0 bridgehead atoms. The van der Waals surface area contributed by atoms with E-state index in [0.29, 0.717) is 12.5 Å². The van der Waals surface area contributed by atoms with Crippen molar-refractivity contribution in [2.75, 3.05) is 31.5 Å². The average Bonchev–Trinajstić information content (AvgIpc) is 3.73. The maximum absolute atomic E-state index is 12.0. The summed E-state index contributed by atoms with van der Waals surface area (Å²) in [6, 6.07) is 0. The molecule has 2 aromatic heterocycles. The predicted octanol–water partition coefficient (Wildman–Crippen LogP) is 7.98. The molecule has 16 nitrogen and oxygen atoms in total. The molecule has 2 aromatic rings. The van der Waals surface area contributed by atoms with E-state index in [1.165, 1.54) is 31.4 Å². The first-order valence-corrected chi connectivity index (χ1v) is 17.9. The first-order chi connectivity index (χ1) is 23.0. The molecule has 0 aliphatic carbocycles. The molecule has 1 N–H and O–H groups in total. The van der Waals surface area contributed by atoms with Crippen LogP contribution in [0.2, 0.25) is 0 Å². The number of amides is 2. The van der Waals surface area contributed by atoms with Crippen molar-refractivity contribution in [3.8, 4) is 0 Å². The van der Waals surface area contributed by atoms with Gasteiger partial charge in [-0.25, -0.2) is 9.59 Å². The fraction of sp³-hybridized carbons (Fsp3) is 0.758. The second-order valence-electron chi connectivity index (χ2n) is 14.2. The van der Waals surface area contributed by atoms with Crippen LogP contribution in [-0.2, 0) is 16.0 Å². The molecule has 0 unspecified atom stereocenters. The molecule has 4 rings (SSSR count). The molecule has 2 fully saturated rings. The zero-order valence-corrected chi connectivity index (χ0v) is 31.2. The third-order valence-electron chi connectivity index (χ3n) is 7.80. The Labute approximate surface area is 304 Å². The number of carbonyl (C=O) groups is 2. The number of hydrogen-bond acceptors (Lipinski definition) is 10. The quantitative estimate of drug-likeness (QED) is 0.148. The molecule has 0 spiro atoms. The van der Waals surface area contributed by atoms with E-state index in [1.807, 2.05) is 46.4 Å². The highest BCUT2D eigenvalue weighted by atomic mass is 79.9. The third-order valence-corrected chi connectivity index (χ3v) is 8.36. The zero-order valence-electron chi connectivity index (χ0n) is 29.6. The number of nitro groups is 2. The summed E-state index contributed by atoms with van der Waals surface area (Å²) < 4.78 is 12.4. The normalized spacial score (nSPS) is 15.4. The largest absolute Gasteiger partial charge is 0.444 e. The first-order valence-electron chi connectivity index (χ1n) is 16.8. The number of piperidine rings is 2. The fourth-order valence-corrected chi connectivity index (χ4v) is 5.61. The van der Waals surface area contributed by atoms with E-state index in [4.69, 9.17) is 9.47 Å². The van der Waals surface area contributed by atoms with Crippen LogP contribution in [0, 0.1) is 32.1 Å². The van der Waals surface area contributed by atoms with E-state index in [9.17, 15) is 29.8 Å². The van der Waals surface area contributed by atoms with E-state index in [0.717, 1.165) is 82.1 Å². The number of likely N-dealkylation sites (tertiary alicyclic amines) is 2. The molecule has 0 aromatic carbocycles. The Morgan fingerprint density at radius 1 is 0.840 bits per heavy atom. The van der Waals surface area contributed by atoms with Crippen LogP contribution in [-0.4, -0.2) is 94.5 Å². The SMILES string of the molecule is C.CC(C)(C)OC(=O)N1CCC(CCCBr)CC1.CC(C)(C)OC(=O)N1CCC(CCCn2cc([N+](=O)[O-])cn2)CC1.O=[N+]([O-])c1cn[nH]c1. The number of hydrogen-bond donors (Lipinski definition) is 1. The highest BCUT2D eigenvalue weighted by Gasteiger charge is 2.28. The van der Waals surface area contributed by atoms with Crippen LogP contribution in [0.4, 0.5) is 21.0 Å². The number of nitrogens with one attached hydrogen (secondary N) is 1. The van der Waals surface area contributed by atoms with Crippen molar-refractivity contribution in [2.45, 2.75) is 118 Å². The van der Waals surface area contributed by atoms with Crippen LogP contribution in [0.1, 0.15) is 100 Å². The van der Waals surface area contributed by atoms with E-state index in [2.05, 4.69) is 31.2 Å². The lowest BCUT2D eigenvalue weighted by Gasteiger charge is -2.33. The Balaban J connectivity index is 0.000000417. The Morgan fingerprint density at radius 3 is 1.64 bits per heavy atom. The van der Waals surface area contributed by atoms with Gasteiger partial charge in [0.15, 0.2) is 0 Å². The zero-order chi connectivity index (χ0) is 36.6. The molecule has 2 aliphatic heterocycles. The Morgan fingerprint density at radius 2 is 1.30 bits per heavy atom. The Bertz CT molecular complexity index is 1290. The van der Waals surface area contributed by atoms with Crippen molar-refractivity contribution in [1.82, 2.24) is 29.8 Å². The first kappa shape index (κ1) is 44.3. The highest BCUT2D eigenvalue weighted by molar-refractivity contribution is 9.09. The molecule has 17 heteroatoms. The monoisotopic (exact) mass is 772 g/mol. The maximum atomic E-state index is 12.0. The second-order valence-corrected chi connectivity index (χ2v) is 15.0. The number of aromatic amines is 1. The van der Waals surface area contributed by atoms with Crippen LogP contribution in [0.25, 0.3) is 0 Å². The van der Waals surface area contributed by atoms with Crippen LogP contribution in [0.5, 0.6) is 0 Å². The Kier molecular flexibility index (Phi) is 19.0. The van der Waals surface area contributed by atoms with Gasteiger partial charge in [-0.3, -0.25) is 30.0 Å². The lowest BCUT2D eigenvalue weighted by molar-refractivity contribution is -0.385. The predicted molar refractivity (Wildman–Crippen MR) is 194 cm³/mol. The van der Waals surface area contributed by atoms with E-state index < -0.39 is 15.4 Å². The van der Waals surface area contributed by atoms with E-state index >= 15 is 0 Å². The van der Waals surface area contributed by atoms with Crippen LogP contribution in [0.15, 0.2) is 24.8 Å². The number of carbonyl (C=O) groups excluding carboxylic acids is 2. The van der Waals surface area contributed by atoms with Crippen LogP contribution < -0.4 is 0 Å². The molecular weight excluding hydrogens is 716 g/mol. The number of rotatable bonds is 9. The topological polar surface area (TPSA) is 192 Å². The lowest BCUT2D eigenvalue weighted by Crippen LogP contribution is -2.41. The lowest BCUT2D eigenvalue weighted by atomic mass is 9.92. The summed E-state index contributed by atoms with van der Waals surface area (Å²) >= 11 is 3.46. The number of halogens is 1. The van der Waals surface area contributed by atoms with E-state index in [-0.39, 0.29) is 36.6 Å². The van der Waals surface area contributed by atoms with Gasteiger partial charge < -0.3 is 19.3 Å². The van der Waals surface area contributed by atoms with Gasteiger partial charge in [0.2, 0.25) is 0 Å². The molecule has 2 amide bonds. The van der Waals surface area contributed by atoms with Crippen molar-refractivity contribution in [1.29, 1.82) is 0 Å². The van der Waals surface area contributed by atoms with Crippen molar-refractivity contribution in [3.63, 3.8) is 0 Å². The van der Waals surface area contributed by atoms with Gasteiger partial charge in [-0.2, -0.15) is 10.2 Å². The minimum Gasteiger partial charge on any atom is -0.444 e. The molecule has 4 heterocycles. The average molecular weight is 774 g/mol. The number of nitrogens with zero attached hydrogens (tertiary/aromatic N) is 7. The minimum absolute atomic E-state index is 0. The summed E-state index contributed by atoms with van der Waals surface area (Å²) in [5.74, 6) is 1.36. The molecule has 0 saturated carbocycles. The van der Waals surface area contributed by atoms with Gasteiger partial charge in [-0.05, 0) is 105 Å². The van der Waals surface area contributed by atoms with Gasteiger partial charge in [0.1, 0.15) is 29.8 Å². The maximum Gasteiger partial charge on any atom is 0.410 e. The Hall–Kier alpha value is -3.76. The van der Waals surface area contributed by atoms with Gasteiger partial charge in [0, 0.05) is 38.1 Å². The fourth-order valence-electron chi connectivity index (χ4n) is 5.28. The summed E-state index contributed by atoms with van der Waals surface area (Å²) in [6.45, 7) is 15.2. The number of H-pyrrole nitrogens is 1. The van der Waals surface area contributed by atoms with Gasteiger partial charge in [-0.15, -0.1) is 0 Å². The number of aromatic nitrogens is 4. The minimum atomic E-state index is -0.510. The molecule has 50 heavy (non-hydrogen) atoms. The summed E-state index contributed by atoms with van der Waals surface area (Å²) in [7, 11) is 0. The summed E-state index contributed by atoms with van der Waals surface area (Å²) in [5, 5.41) is 31.2. The molecule has 2 aliphatic rings. The summed E-state index contributed by atoms with van der Waals surface area (Å²) in [5.41, 5.74) is -0.824. The van der Waals surface area contributed by atoms with Gasteiger partial charge in [-0.1, -0.05) is 23.4 Å². The number of aryl methyl sites for hydroxylation is 1. The third kappa shape index (κ3) is 17.8. The van der Waals surface area contributed by atoms with Gasteiger partial charge in [0.25, 0.3) is 0 Å². The number of alkyl halides is 1. The molecule has 0 radical (unpaired) electrons. The van der Waals surface area contributed by atoms with Gasteiger partial charge >= 0.3 is 23.6 Å². The second kappa shape index (κ2) is 21.5. The van der Waals surface area contributed by atoms with E-state index in [1.54, 1.807) is 9.58 Å². The van der Waals surface area contributed by atoms with Crippen molar-refractivity contribution < 1.29 is 28.9 Å².